The normalized spacial score (nSPS) is 11.5. The molecule has 0 spiro atoms. The molecule has 0 aromatic heterocycles. The van der Waals surface area contributed by atoms with Crippen molar-refractivity contribution in [1.82, 2.24) is 0 Å². The van der Waals surface area contributed by atoms with Gasteiger partial charge in [-0.1, -0.05) is 30.3 Å². The van der Waals surface area contributed by atoms with Crippen LogP contribution in [0.25, 0.3) is 0 Å². The molecule has 0 fully saturated rings. The van der Waals surface area contributed by atoms with Gasteiger partial charge in [-0.3, -0.25) is 4.79 Å². The minimum absolute atomic E-state index is 0.261. The van der Waals surface area contributed by atoms with Gasteiger partial charge in [0.05, 0.1) is 10.5 Å². The largest absolute Gasteiger partial charge is 0.325 e. The van der Waals surface area contributed by atoms with Crippen LogP contribution in [0.5, 0.6) is 0 Å². The number of amides is 1. The van der Waals surface area contributed by atoms with Gasteiger partial charge < -0.3 is 5.32 Å². The third kappa shape index (κ3) is 4.14. The lowest BCUT2D eigenvalue weighted by atomic mass is 10.00. The van der Waals surface area contributed by atoms with Crippen LogP contribution in [0.2, 0.25) is 0 Å². The molecule has 2 aromatic rings. The molecule has 5 heteroatoms. The fourth-order valence-electron chi connectivity index (χ4n) is 1.85. The van der Waals surface area contributed by atoms with Crippen molar-refractivity contribution >= 4 is 27.5 Å². The second-order valence-electron chi connectivity index (χ2n) is 4.49. The lowest BCUT2D eigenvalue weighted by Gasteiger charge is -2.11. The molecular weight excluding hydrogens is 335 g/mol. The second kappa shape index (κ2) is 7.00. The Morgan fingerprint density at radius 1 is 1.29 bits per heavy atom. The van der Waals surface area contributed by atoms with Gasteiger partial charge in [-0.2, -0.15) is 5.26 Å². The number of halogens is 2. The van der Waals surface area contributed by atoms with E-state index in [1.165, 1.54) is 18.2 Å². The molecule has 2 aromatic carbocycles. The summed E-state index contributed by atoms with van der Waals surface area (Å²) < 4.78 is 13.4. The van der Waals surface area contributed by atoms with Crippen LogP contribution in [-0.2, 0) is 11.2 Å². The average Bonchev–Trinajstić information content (AvgIpc) is 2.49. The van der Waals surface area contributed by atoms with Crippen LogP contribution in [0.15, 0.2) is 53.0 Å². The van der Waals surface area contributed by atoms with Gasteiger partial charge in [0, 0.05) is 5.69 Å². The van der Waals surface area contributed by atoms with Gasteiger partial charge in [-0.25, -0.2) is 4.39 Å². The van der Waals surface area contributed by atoms with Gasteiger partial charge in [0.2, 0.25) is 5.91 Å². The van der Waals surface area contributed by atoms with E-state index in [1.807, 2.05) is 36.4 Å². The van der Waals surface area contributed by atoms with E-state index in [4.69, 9.17) is 5.26 Å². The number of carbonyl (C=O) groups is 1. The molecule has 0 aliphatic heterocycles. The van der Waals surface area contributed by atoms with E-state index >= 15 is 0 Å². The van der Waals surface area contributed by atoms with Crippen LogP contribution in [0.1, 0.15) is 5.56 Å². The Hall–Kier alpha value is -2.19. The number of nitrogens with one attached hydrogen (secondary N) is 1. The topological polar surface area (TPSA) is 52.9 Å². The molecule has 1 unspecified atom stereocenters. The highest BCUT2D eigenvalue weighted by Crippen LogP contribution is 2.21. The number of benzene rings is 2. The predicted octanol–water partition coefficient (Wildman–Crippen LogP) is 3.91. The summed E-state index contributed by atoms with van der Waals surface area (Å²) in [5.74, 6) is -1.61. The fourth-order valence-corrected chi connectivity index (χ4v) is 2.23. The molecule has 0 bridgehead atoms. The summed E-state index contributed by atoms with van der Waals surface area (Å²) in [6.45, 7) is 0. The Morgan fingerprint density at radius 3 is 2.62 bits per heavy atom. The van der Waals surface area contributed by atoms with Gasteiger partial charge in [0.25, 0.3) is 0 Å². The third-order valence-electron chi connectivity index (χ3n) is 2.94. The zero-order valence-corrected chi connectivity index (χ0v) is 12.6. The molecule has 3 nitrogen and oxygen atoms in total. The lowest BCUT2D eigenvalue weighted by Crippen LogP contribution is -2.23. The van der Waals surface area contributed by atoms with Crippen molar-refractivity contribution in [2.75, 3.05) is 5.32 Å². The first-order chi connectivity index (χ1) is 10.1. The van der Waals surface area contributed by atoms with Gasteiger partial charge >= 0.3 is 0 Å². The highest BCUT2D eigenvalue weighted by molar-refractivity contribution is 9.10. The summed E-state index contributed by atoms with van der Waals surface area (Å²) in [4.78, 5) is 12.1. The van der Waals surface area contributed by atoms with E-state index in [0.717, 1.165) is 5.56 Å². The molecule has 0 saturated heterocycles. The molecular formula is C16H12BrFN2O. The van der Waals surface area contributed by atoms with Crippen molar-refractivity contribution in [3.05, 3.63) is 64.4 Å². The summed E-state index contributed by atoms with van der Waals surface area (Å²) in [6.07, 6.45) is 0.339. The molecule has 0 saturated carbocycles. The molecule has 21 heavy (non-hydrogen) atoms. The number of rotatable bonds is 4. The van der Waals surface area contributed by atoms with Gasteiger partial charge in [0.15, 0.2) is 0 Å². The Bertz CT molecular complexity index is 682. The fraction of sp³-hybridized carbons (Fsp3) is 0.125. The predicted molar refractivity (Wildman–Crippen MR) is 82.0 cm³/mol. The minimum atomic E-state index is -0.795. The quantitative estimate of drug-likeness (QED) is 0.912. The van der Waals surface area contributed by atoms with Gasteiger partial charge in [0.1, 0.15) is 11.7 Å². The summed E-state index contributed by atoms with van der Waals surface area (Å²) >= 11 is 3.05. The Labute approximate surface area is 130 Å². The van der Waals surface area contributed by atoms with E-state index in [1.54, 1.807) is 0 Å². The van der Waals surface area contributed by atoms with Crippen LogP contribution < -0.4 is 5.32 Å². The average molecular weight is 347 g/mol. The zero-order valence-electron chi connectivity index (χ0n) is 11.0. The van der Waals surface area contributed by atoms with Crippen LogP contribution in [0, 0.1) is 23.1 Å². The molecule has 2 rings (SSSR count). The minimum Gasteiger partial charge on any atom is -0.325 e. The molecule has 0 heterocycles. The van der Waals surface area contributed by atoms with Gasteiger partial charge in [-0.05, 0) is 46.1 Å². The van der Waals surface area contributed by atoms with Crippen molar-refractivity contribution in [2.24, 2.45) is 5.92 Å². The SMILES string of the molecule is N#CC(Cc1ccccc1)C(=O)Nc1ccc(F)c(Br)c1. The maximum Gasteiger partial charge on any atom is 0.242 e. The highest BCUT2D eigenvalue weighted by Gasteiger charge is 2.18. The summed E-state index contributed by atoms with van der Waals surface area (Å²) in [6, 6.07) is 15.5. The lowest BCUT2D eigenvalue weighted by molar-refractivity contribution is -0.118. The van der Waals surface area contributed by atoms with E-state index in [0.29, 0.717) is 12.1 Å². The molecule has 0 aliphatic rings. The molecule has 0 radical (unpaired) electrons. The molecule has 106 valence electrons. The van der Waals surface area contributed by atoms with E-state index in [9.17, 15) is 9.18 Å². The van der Waals surface area contributed by atoms with Crippen molar-refractivity contribution in [3.8, 4) is 6.07 Å². The first-order valence-electron chi connectivity index (χ1n) is 6.29. The Kier molecular flexibility index (Phi) is 5.07. The van der Waals surface area contributed by atoms with Gasteiger partial charge in [-0.15, -0.1) is 0 Å². The van der Waals surface area contributed by atoms with Crippen LogP contribution in [-0.4, -0.2) is 5.91 Å². The maximum absolute atomic E-state index is 13.1. The summed E-state index contributed by atoms with van der Waals surface area (Å²) in [5, 5.41) is 11.8. The van der Waals surface area contributed by atoms with E-state index in [2.05, 4.69) is 21.2 Å². The Balaban J connectivity index is 2.07. The summed E-state index contributed by atoms with van der Waals surface area (Å²) in [7, 11) is 0. The first-order valence-corrected chi connectivity index (χ1v) is 7.09. The molecule has 1 amide bonds. The van der Waals surface area contributed by atoms with Crippen LogP contribution in [0.4, 0.5) is 10.1 Å². The molecule has 0 aliphatic carbocycles. The van der Waals surface area contributed by atoms with Crippen molar-refractivity contribution < 1.29 is 9.18 Å². The third-order valence-corrected chi connectivity index (χ3v) is 3.55. The number of hydrogen-bond donors (Lipinski definition) is 1. The smallest absolute Gasteiger partial charge is 0.242 e. The standard InChI is InChI=1S/C16H12BrFN2O/c17-14-9-13(6-7-15(14)18)20-16(21)12(10-19)8-11-4-2-1-3-5-11/h1-7,9,12H,8H2,(H,20,21). The maximum atomic E-state index is 13.1. The van der Waals surface area contributed by atoms with E-state index in [-0.39, 0.29) is 4.47 Å². The van der Waals surface area contributed by atoms with Crippen molar-refractivity contribution in [3.63, 3.8) is 0 Å². The Morgan fingerprint density at radius 2 is 2.00 bits per heavy atom. The zero-order chi connectivity index (χ0) is 15.2. The number of nitriles is 1. The monoisotopic (exact) mass is 346 g/mol. The summed E-state index contributed by atoms with van der Waals surface area (Å²) in [5.41, 5.74) is 1.36. The highest BCUT2D eigenvalue weighted by atomic mass is 79.9. The number of anilines is 1. The first kappa shape index (κ1) is 15.2. The van der Waals surface area contributed by atoms with Crippen LogP contribution >= 0.6 is 15.9 Å². The number of hydrogen-bond acceptors (Lipinski definition) is 2. The number of nitrogens with zero attached hydrogens (tertiary/aromatic N) is 1. The van der Waals surface area contributed by atoms with Crippen molar-refractivity contribution in [1.29, 1.82) is 5.26 Å². The molecule has 1 N–H and O–H groups in total. The molecule has 1 atom stereocenters. The van der Waals surface area contributed by atoms with E-state index < -0.39 is 17.6 Å². The second-order valence-corrected chi connectivity index (χ2v) is 5.34. The number of carbonyl (C=O) groups excluding carboxylic acids is 1. The van der Waals surface area contributed by atoms with Crippen molar-refractivity contribution in [2.45, 2.75) is 6.42 Å². The van der Waals surface area contributed by atoms with Crippen LogP contribution in [0.3, 0.4) is 0 Å².